The van der Waals surface area contributed by atoms with Crippen molar-refractivity contribution in [1.29, 1.82) is 0 Å². The monoisotopic (exact) mass is 316 g/mol. The van der Waals surface area contributed by atoms with Gasteiger partial charge >= 0.3 is 0 Å². The number of carbonyl (C=O) groups is 1. The number of nitrogens with one attached hydrogen (secondary N) is 2. The minimum Gasteiger partial charge on any atom is -0.419 e. The van der Waals surface area contributed by atoms with Gasteiger partial charge in [0.1, 0.15) is 0 Å². The molecule has 1 aromatic carbocycles. The molecule has 2 N–H and O–H groups in total. The first-order valence-corrected chi connectivity index (χ1v) is 8.20. The average Bonchev–Trinajstić information content (AvgIpc) is 3.25. The molecule has 2 saturated heterocycles. The van der Waals surface area contributed by atoms with Crippen molar-refractivity contribution in [2.24, 2.45) is 0 Å². The van der Waals surface area contributed by atoms with E-state index in [1.807, 2.05) is 24.3 Å². The normalized spacial score (nSPS) is 26.3. The SMILES string of the molecule is O=C(N[C@@H]1C[C@H]2CC[C@@H]1N2)c1ccc(Sc2nnco2)cc1. The van der Waals surface area contributed by atoms with Crippen molar-refractivity contribution in [2.75, 3.05) is 0 Å². The number of benzene rings is 1. The van der Waals surface area contributed by atoms with Crippen LogP contribution in [0, 0.1) is 0 Å². The standard InChI is InChI=1S/C15H16N4O2S/c20-14(18-13-7-10-3-6-12(13)17-10)9-1-4-11(5-2-9)22-15-19-16-8-21-15/h1-2,4-5,8,10,12-13,17H,3,6-7H2,(H,18,20)/t10-,12+,13-/m1/s1. The lowest BCUT2D eigenvalue weighted by Gasteiger charge is -2.21. The number of hydrogen-bond donors (Lipinski definition) is 2. The second kappa shape index (κ2) is 5.73. The van der Waals surface area contributed by atoms with Gasteiger partial charge in [0.05, 0.1) is 0 Å². The first-order valence-electron chi connectivity index (χ1n) is 7.39. The zero-order valence-electron chi connectivity index (χ0n) is 11.9. The summed E-state index contributed by atoms with van der Waals surface area (Å²) in [6, 6.07) is 8.73. The van der Waals surface area contributed by atoms with Crippen LogP contribution < -0.4 is 10.6 Å². The molecule has 0 radical (unpaired) electrons. The Morgan fingerprint density at radius 1 is 1.32 bits per heavy atom. The zero-order valence-corrected chi connectivity index (χ0v) is 12.7. The van der Waals surface area contributed by atoms with E-state index in [0.717, 1.165) is 17.7 Å². The van der Waals surface area contributed by atoms with E-state index >= 15 is 0 Å². The summed E-state index contributed by atoms with van der Waals surface area (Å²) in [4.78, 5) is 13.3. The number of nitrogens with zero attached hydrogens (tertiary/aromatic N) is 2. The smallest absolute Gasteiger partial charge is 0.281 e. The molecule has 4 rings (SSSR count). The fourth-order valence-electron chi connectivity index (χ4n) is 3.22. The van der Waals surface area contributed by atoms with Gasteiger partial charge in [-0.2, -0.15) is 0 Å². The first kappa shape index (κ1) is 13.8. The summed E-state index contributed by atoms with van der Waals surface area (Å²) in [6.45, 7) is 0. The summed E-state index contributed by atoms with van der Waals surface area (Å²) in [5, 5.41) is 14.6. The summed E-state index contributed by atoms with van der Waals surface area (Å²) in [7, 11) is 0. The van der Waals surface area contributed by atoms with E-state index in [4.69, 9.17) is 4.42 Å². The molecule has 2 aliphatic rings. The molecule has 1 aromatic heterocycles. The number of fused-ring (bicyclic) bond motifs is 2. The van der Waals surface area contributed by atoms with Crippen LogP contribution in [-0.2, 0) is 0 Å². The fourth-order valence-corrected chi connectivity index (χ4v) is 3.87. The molecule has 0 saturated carbocycles. The lowest BCUT2D eigenvalue weighted by molar-refractivity contribution is 0.0931. The van der Waals surface area contributed by atoms with Crippen LogP contribution in [-0.4, -0.2) is 34.2 Å². The Bertz CT molecular complexity index is 659. The summed E-state index contributed by atoms with van der Waals surface area (Å²) in [5.74, 6) is -0.00584. The lowest BCUT2D eigenvalue weighted by Crippen LogP contribution is -2.42. The lowest BCUT2D eigenvalue weighted by atomic mass is 9.95. The molecule has 6 nitrogen and oxygen atoms in total. The summed E-state index contributed by atoms with van der Waals surface area (Å²) in [5.41, 5.74) is 0.678. The van der Waals surface area contributed by atoms with E-state index in [0.29, 0.717) is 22.9 Å². The highest BCUT2D eigenvalue weighted by atomic mass is 32.2. The van der Waals surface area contributed by atoms with Crippen molar-refractivity contribution in [3.63, 3.8) is 0 Å². The minimum atomic E-state index is -0.00584. The van der Waals surface area contributed by atoms with Crippen LogP contribution in [0.2, 0.25) is 0 Å². The fraction of sp³-hybridized carbons (Fsp3) is 0.400. The van der Waals surface area contributed by atoms with Gasteiger partial charge in [0.15, 0.2) is 0 Å². The molecule has 2 aromatic rings. The summed E-state index contributed by atoms with van der Waals surface area (Å²) < 4.78 is 5.09. The summed E-state index contributed by atoms with van der Waals surface area (Å²) in [6.07, 6.45) is 4.74. The van der Waals surface area contributed by atoms with Gasteiger partial charge in [-0.25, -0.2) is 0 Å². The van der Waals surface area contributed by atoms with Gasteiger partial charge in [-0.15, -0.1) is 10.2 Å². The van der Waals surface area contributed by atoms with Gasteiger partial charge in [-0.3, -0.25) is 4.79 Å². The van der Waals surface area contributed by atoms with Crippen LogP contribution in [0.4, 0.5) is 0 Å². The van der Waals surface area contributed by atoms with Crippen LogP contribution in [0.5, 0.6) is 0 Å². The van der Waals surface area contributed by atoms with Crippen molar-refractivity contribution in [3.05, 3.63) is 36.2 Å². The van der Waals surface area contributed by atoms with Gasteiger partial charge in [-0.05, 0) is 55.3 Å². The number of aromatic nitrogens is 2. The number of carbonyl (C=O) groups excluding carboxylic acids is 1. The van der Waals surface area contributed by atoms with Crippen molar-refractivity contribution < 1.29 is 9.21 Å². The molecule has 22 heavy (non-hydrogen) atoms. The molecule has 1 amide bonds. The maximum Gasteiger partial charge on any atom is 0.281 e. The summed E-state index contributed by atoms with van der Waals surface area (Å²) >= 11 is 1.38. The van der Waals surface area contributed by atoms with E-state index in [2.05, 4.69) is 20.8 Å². The molecule has 2 fully saturated rings. The number of rotatable bonds is 4. The Morgan fingerprint density at radius 3 is 2.82 bits per heavy atom. The first-order chi connectivity index (χ1) is 10.8. The van der Waals surface area contributed by atoms with Crippen LogP contribution in [0.15, 0.2) is 45.2 Å². The van der Waals surface area contributed by atoms with Crippen LogP contribution in [0.25, 0.3) is 0 Å². The van der Waals surface area contributed by atoms with Crippen LogP contribution >= 0.6 is 11.8 Å². The van der Waals surface area contributed by atoms with Gasteiger partial charge in [0.2, 0.25) is 6.39 Å². The maximum absolute atomic E-state index is 12.3. The molecule has 0 unspecified atom stereocenters. The van der Waals surface area contributed by atoms with E-state index in [1.165, 1.54) is 24.6 Å². The van der Waals surface area contributed by atoms with Gasteiger partial charge in [-0.1, -0.05) is 0 Å². The molecule has 3 heterocycles. The average molecular weight is 316 g/mol. The van der Waals surface area contributed by atoms with Crippen molar-refractivity contribution >= 4 is 17.7 Å². The van der Waals surface area contributed by atoms with Gasteiger partial charge in [0.25, 0.3) is 11.1 Å². The van der Waals surface area contributed by atoms with Crippen molar-refractivity contribution in [2.45, 2.75) is 47.5 Å². The zero-order chi connectivity index (χ0) is 14.9. The third-order valence-electron chi connectivity index (χ3n) is 4.28. The molecular formula is C15H16N4O2S. The number of amides is 1. The third-order valence-corrected chi connectivity index (χ3v) is 5.14. The highest BCUT2D eigenvalue weighted by Crippen LogP contribution is 2.29. The molecule has 3 atom stereocenters. The van der Waals surface area contributed by atoms with Crippen LogP contribution in [0.1, 0.15) is 29.6 Å². The molecule has 2 aliphatic heterocycles. The Labute approximate surface area is 132 Å². The second-order valence-corrected chi connectivity index (χ2v) is 6.72. The topological polar surface area (TPSA) is 80.0 Å². The Kier molecular flexibility index (Phi) is 3.59. The Balaban J connectivity index is 1.38. The molecule has 7 heteroatoms. The van der Waals surface area contributed by atoms with Crippen LogP contribution in [0.3, 0.4) is 0 Å². The van der Waals surface area contributed by atoms with E-state index in [9.17, 15) is 4.79 Å². The highest BCUT2D eigenvalue weighted by Gasteiger charge is 2.39. The van der Waals surface area contributed by atoms with E-state index in [1.54, 1.807) is 0 Å². The maximum atomic E-state index is 12.3. The quantitative estimate of drug-likeness (QED) is 0.896. The highest BCUT2D eigenvalue weighted by molar-refractivity contribution is 7.99. The Morgan fingerprint density at radius 2 is 2.18 bits per heavy atom. The van der Waals surface area contributed by atoms with Gasteiger partial charge in [0, 0.05) is 28.6 Å². The Hall–Kier alpha value is -1.86. The number of hydrogen-bond acceptors (Lipinski definition) is 6. The third kappa shape index (κ3) is 2.74. The van der Waals surface area contributed by atoms with E-state index < -0.39 is 0 Å². The second-order valence-electron chi connectivity index (χ2n) is 5.69. The predicted octanol–water partition coefficient (Wildman–Crippen LogP) is 1.84. The molecule has 0 aliphatic carbocycles. The minimum absolute atomic E-state index is 0.00584. The van der Waals surface area contributed by atoms with E-state index in [-0.39, 0.29) is 11.9 Å². The van der Waals surface area contributed by atoms with Crippen molar-refractivity contribution in [1.82, 2.24) is 20.8 Å². The molecule has 2 bridgehead atoms. The van der Waals surface area contributed by atoms with Gasteiger partial charge < -0.3 is 15.1 Å². The molecular weight excluding hydrogens is 300 g/mol. The largest absolute Gasteiger partial charge is 0.419 e. The van der Waals surface area contributed by atoms with Crippen molar-refractivity contribution in [3.8, 4) is 0 Å². The molecule has 114 valence electrons. The molecule has 0 spiro atoms. The predicted molar refractivity (Wildman–Crippen MR) is 80.7 cm³/mol.